The molecule has 0 amide bonds. The molecule has 0 aliphatic carbocycles. The molecular formula is C15H13N5O2. The molecule has 0 radical (unpaired) electrons. The Morgan fingerprint density at radius 3 is 2.77 bits per heavy atom. The smallest absolute Gasteiger partial charge is 0.277 e. The Labute approximate surface area is 125 Å². The number of rotatable bonds is 2. The van der Waals surface area contributed by atoms with Crippen molar-refractivity contribution in [2.45, 2.75) is 20.8 Å². The van der Waals surface area contributed by atoms with Crippen LogP contribution < -0.4 is 0 Å². The molecule has 0 spiro atoms. The molecule has 110 valence electrons. The summed E-state index contributed by atoms with van der Waals surface area (Å²) in [4.78, 5) is 6.77. The van der Waals surface area contributed by atoms with Gasteiger partial charge in [0.2, 0.25) is 11.6 Å². The van der Waals surface area contributed by atoms with Crippen LogP contribution >= 0.6 is 0 Å². The summed E-state index contributed by atoms with van der Waals surface area (Å²) in [6.07, 6.45) is 0. The number of nitriles is 1. The maximum absolute atomic E-state index is 10.0. The first-order valence-corrected chi connectivity index (χ1v) is 6.60. The highest BCUT2D eigenvalue weighted by Crippen LogP contribution is 2.38. The van der Waals surface area contributed by atoms with Crippen molar-refractivity contribution in [1.82, 2.24) is 9.97 Å². The number of H-pyrrole nitrogens is 1. The van der Waals surface area contributed by atoms with Gasteiger partial charge in [0.25, 0.3) is 5.88 Å². The number of nitrogens with zero attached hydrogens (tertiary/aromatic N) is 4. The highest BCUT2D eigenvalue weighted by molar-refractivity contribution is 5.96. The molecule has 0 saturated carbocycles. The third-order valence-corrected chi connectivity index (χ3v) is 3.27. The Morgan fingerprint density at radius 1 is 1.27 bits per heavy atom. The molecule has 0 unspecified atom stereocenters. The monoisotopic (exact) mass is 295 g/mol. The minimum absolute atomic E-state index is 0.0260. The molecule has 0 atom stereocenters. The van der Waals surface area contributed by atoms with Gasteiger partial charge < -0.3 is 14.5 Å². The van der Waals surface area contributed by atoms with E-state index in [1.54, 1.807) is 6.92 Å². The lowest BCUT2D eigenvalue weighted by Gasteiger charge is -1.98. The normalized spacial score (nSPS) is 11.4. The van der Waals surface area contributed by atoms with Crippen LogP contribution in [0.5, 0.6) is 5.88 Å². The zero-order valence-electron chi connectivity index (χ0n) is 12.3. The molecule has 22 heavy (non-hydrogen) atoms. The molecule has 2 aromatic heterocycles. The van der Waals surface area contributed by atoms with Gasteiger partial charge in [0.15, 0.2) is 11.6 Å². The van der Waals surface area contributed by atoms with Crippen LogP contribution in [0, 0.1) is 32.1 Å². The van der Waals surface area contributed by atoms with E-state index in [2.05, 4.69) is 20.2 Å². The van der Waals surface area contributed by atoms with Crippen molar-refractivity contribution in [3.8, 4) is 11.9 Å². The number of benzene rings is 1. The number of fused-ring (bicyclic) bond motifs is 1. The number of aromatic amines is 1. The van der Waals surface area contributed by atoms with E-state index in [0.717, 1.165) is 22.0 Å². The number of aromatic nitrogens is 2. The van der Waals surface area contributed by atoms with Crippen LogP contribution in [0.2, 0.25) is 0 Å². The van der Waals surface area contributed by atoms with E-state index in [9.17, 15) is 5.11 Å². The lowest BCUT2D eigenvalue weighted by atomic mass is 10.1. The van der Waals surface area contributed by atoms with Gasteiger partial charge in [-0.2, -0.15) is 5.26 Å². The van der Waals surface area contributed by atoms with Crippen LogP contribution in [-0.2, 0) is 0 Å². The topological polar surface area (TPSA) is 111 Å². The average Bonchev–Trinajstić information content (AvgIpc) is 2.97. The van der Waals surface area contributed by atoms with Gasteiger partial charge in [-0.25, -0.2) is 4.98 Å². The van der Waals surface area contributed by atoms with Crippen LogP contribution in [-0.4, -0.2) is 15.1 Å². The molecule has 3 rings (SSSR count). The minimum atomic E-state index is -0.0813. The largest absolute Gasteiger partial charge is 0.493 e. The molecule has 2 N–H and O–H groups in total. The van der Waals surface area contributed by atoms with Crippen LogP contribution in [0.3, 0.4) is 0 Å². The molecule has 7 heteroatoms. The highest BCUT2D eigenvalue weighted by Gasteiger charge is 2.14. The third-order valence-electron chi connectivity index (χ3n) is 3.27. The molecule has 0 fully saturated rings. The zero-order valence-corrected chi connectivity index (χ0v) is 12.3. The van der Waals surface area contributed by atoms with Crippen molar-refractivity contribution in [3.63, 3.8) is 0 Å². The second kappa shape index (κ2) is 5.00. The maximum Gasteiger partial charge on any atom is 0.277 e. The van der Waals surface area contributed by atoms with Crippen molar-refractivity contribution < 1.29 is 9.52 Å². The summed E-state index contributed by atoms with van der Waals surface area (Å²) >= 11 is 0. The van der Waals surface area contributed by atoms with Gasteiger partial charge in [0.05, 0.1) is 5.52 Å². The van der Waals surface area contributed by atoms with Gasteiger partial charge in [0.1, 0.15) is 6.07 Å². The number of hydrogen-bond acceptors (Lipinski definition) is 6. The number of nitrogens with one attached hydrogen (secondary N) is 1. The lowest BCUT2D eigenvalue weighted by Crippen LogP contribution is -1.78. The molecule has 2 heterocycles. The molecule has 0 saturated heterocycles. The third kappa shape index (κ3) is 2.20. The van der Waals surface area contributed by atoms with Crippen LogP contribution in [0.4, 0.5) is 11.6 Å². The lowest BCUT2D eigenvalue weighted by molar-refractivity contribution is 0.459. The molecule has 0 bridgehead atoms. The fourth-order valence-electron chi connectivity index (χ4n) is 2.38. The van der Waals surface area contributed by atoms with Crippen LogP contribution in [0.25, 0.3) is 10.9 Å². The van der Waals surface area contributed by atoms with E-state index < -0.39 is 0 Å². The predicted octanol–water partition coefficient (Wildman–Crippen LogP) is 4.07. The number of aryl methyl sites for hydroxylation is 3. The number of azo groups is 1. The van der Waals surface area contributed by atoms with Crippen molar-refractivity contribution >= 4 is 22.5 Å². The summed E-state index contributed by atoms with van der Waals surface area (Å²) in [5.74, 6) is 0.278. The van der Waals surface area contributed by atoms with Crippen molar-refractivity contribution in [2.75, 3.05) is 0 Å². The SMILES string of the molecule is Cc1cc(C)c2[nH]c(O)c(N=Nc3oc(C)nc3C#N)c2c1. The fraction of sp³-hybridized carbons (Fsp3) is 0.200. The second-order valence-corrected chi connectivity index (χ2v) is 5.03. The van der Waals surface area contributed by atoms with E-state index >= 15 is 0 Å². The van der Waals surface area contributed by atoms with E-state index in [1.807, 2.05) is 32.0 Å². The summed E-state index contributed by atoms with van der Waals surface area (Å²) in [6.45, 7) is 5.53. The number of oxazole rings is 1. The van der Waals surface area contributed by atoms with Crippen molar-refractivity contribution in [2.24, 2.45) is 10.2 Å². The summed E-state index contributed by atoms with van der Waals surface area (Å²) < 4.78 is 5.22. The quantitative estimate of drug-likeness (QED) is 0.694. The first-order valence-electron chi connectivity index (χ1n) is 6.60. The molecule has 0 aliphatic heterocycles. The second-order valence-electron chi connectivity index (χ2n) is 5.03. The van der Waals surface area contributed by atoms with Crippen LogP contribution in [0.15, 0.2) is 26.8 Å². The number of hydrogen-bond donors (Lipinski definition) is 2. The summed E-state index contributed by atoms with van der Waals surface area (Å²) in [5, 5.41) is 27.7. The first kappa shape index (κ1) is 13.8. The van der Waals surface area contributed by atoms with Gasteiger partial charge in [-0.3, -0.25) is 0 Å². The standard InChI is InChI=1S/C15H13N5O2/c1-7-4-8(2)12-10(5-7)13(14(21)18-12)19-20-15-11(6-16)17-9(3)22-15/h4-5,18,21H,1-3H3. The minimum Gasteiger partial charge on any atom is -0.493 e. The van der Waals surface area contributed by atoms with Gasteiger partial charge in [-0.1, -0.05) is 11.6 Å². The Balaban J connectivity index is 2.13. The summed E-state index contributed by atoms with van der Waals surface area (Å²) in [7, 11) is 0. The fourth-order valence-corrected chi connectivity index (χ4v) is 2.38. The highest BCUT2D eigenvalue weighted by atomic mass is 16.4. The summed E-state index contributed by atoms with van der Waals surface area (Å²) in [6, 6.07) is 5.80. The van der Waals surface area contributed by atoms with Gasteiger partial charge in [0, 0.05) is 12.3 Å². The Bertz CT molecular complexity index is 943. The Morgan fingerprint density at radius 2 is 2.05 bits per heavy atom. The maximum atomic E-state index is 10.0. The molecular weight excluding hydrogens is 282 g/mol. The number of aromatic hydroxyl groups is 1. The van der Waals surface area contributed by atoms with E-state index in [-0.39, 0.29) is 17.5 Å². The predicted molar refractivity (Wildman–Crippen MR) is 79.6 cm³/mol. The first-order chi connectivity index (χ1) is 10.5. The van der Waals surface area contributed by atoms with Crippen LogP contribution in [0.1, 0.15) is 22.7 Å². The van der Waals surface area contributed by atoms with Gasteiger partial charge in [-0.15, -0.1) is 10.2 Å². The summed E-state index contributed by atoms with van der Waals surface area (Å²) in [5.41, 5.74) is 3.22. The zero-order chi connectivity index (χ0) is 15.9. The molecule has 1 aromatic carbocycles. The van der Waals surface area contributed by atoms with Gasteiger partial charge in [-0.05, 0) is 25.5 Å². The van der Waals surface area contributed by atoms with E-state index in [0.29, 0.717) is 11.6 Å². The van der Waals surface area contributed by atoms with E-state index in [1.165, 1.54) is 0 Å². The molecule has 0 aliphatic rings. The van der Waals surface area contributed by atoms with E-state index in [4.69, 9.17) is 9.68 Å². The van der Waals surface area contributed by atoms with Gasteiger partial charge >= 0.3 is 0 Å². The molecule has 7 nitrogen and oxygen atoms in total. The average molecular weight is 295 g/mol. The Kier molecular flexibility index (Phi) is 3.14. The van der Waals surface area contributed by atoms with Crippen molar-refractivity contribution in [3.05, 3.63) is 34.8 Å². The Hall–Kier alpha value is -3.14. The van der Waals surface area contributed by atoms with Crippen molar-refractivity contribution in [1.29, 1.82) is 5.26 Å². The molecule has 3 aromatic rings.